The number of hydrogen-bond acceptors (Lipinski definition) is 10. The highest BCUT2D eigenvalue weighted by Gasteiger charge is 2.33. The van der Waals surface area contributed by atoms with Gasteiger partial charge in [-0.2, -0.15) is 5.09 Å². The van der Waals surface area contributed by atoms with Crippen molar-refractivity contribution in [1.82, 2.24) is 20.3 Å². The molecule has 0 saturated carbocycles. The first-order valence-corrected chi connectivity index (χ1v) is 13.6. The van der Waals surface area contributed by atoms with Gasteiger partial charge in [-0.1, -0.05) is 18.2 Å². The zero-order valence-corrected chi connectivity index (χ0v) is 23.9. The van der Waals surface area contributed by atoms with E-state index in [0.29, 0.717) is 11.3 Å². The number of hydrogen-bond donors (Lipinski definition) is 2. The van der Waals surface area contributed by atoms with Crippen LogP contribution in [0.4, 0.5) is 9.59 Å². The van der Waals surface area contributed by atoms with E-state index in [4.69, 9.17) is 23.3 Å². The number of amides is 2. The van der Waals surface area contributed by atoms with Crippen molar-refractivity contribution in [3.63, 3.8) is 0 Å². The fourth-order valence-electron chi connectivity index (χ4n) is 2.99. The Kier molecular flexibility index (Phi) is 11.7. The van der Waals surface area contributed by atoms with Gasteiger partial charge in [-0.3, -0.25) is 14.3 Å². The molecule has 2 rings (SSSR count). The van der Waals surface area contributed by atoms with Crippen molar-refractivity contribution in [3.05, 3.63) is 53.3 Å². The molecule has 0 aliphatic heterocycles. The molecular formula is C25H35N4O9P. The van der Waals surface area contributed by atoms with E-state index in [9.17, 15) is 18.9 Å². The Morgan fingerprint density at radius 3 is 2.33 bits per heavy atom. The van der Waals surface area contributed by atoms with Crippen LogP contribution in [0.2, 0.25) is 0 Å². The zero-order chi connectivity index (χ0) is 29.2. The number of rotatable bonds is 12. The van der Waals surface area contributed by atoms with Gasteiger partial charge >= 0.3 is 25.9 Å². The number of nitrogens with one attached hydrogen (secondary N) is 2. The van der Waals surface area contributed by atoms with Gasteiger partial charge in [0.05, 0.1) is 18.4 Å². The Morgan fingerprint density at radius 1 is 1.08 bits per heavy atom. The molecule has 0 aliphatic rings. The van der Waals surface area contributed by atoms with Gasteiger partial charge in [0, 0.05) is 38.5 Å². The van der Waals surface area contributed by atoms with Crippen LogP contribution in [0.1, 0.15) is 37.6 Å². The van der Waals surface area contributed by atoms with Crippen LogP contribution in [0.3, 0.4) is 0 Å². The third kappa shape index (κ3) is 9.86. The molecule has 0 spiro atoms. The number of nitrogens with zero attached hydrogens (tertiary/aromatic N) is 2. The Balaban J connectivity index is 2.41. The van der Waals surface area contributed by atoms with Crippen molar-refractivity contribution in [2.24, 2.45) is 0 Å². The summed E-state index contributed by atoms with van der Waals surface area (Å²) in [5.74, 6) is -0.383. The predicted octanol–water partition coefficient (Wildman–Crippen LogP) is 3.94. The minimum Gasteiger partial charge on any atom is -0.462 e. The number of aromatic nitrogens is 1. The fourth-order valence-corrected chi connectivity index (χ4v) is 4.46. The minimum absolute atomic E-state index is 0.0441. The first-order valence-electron chi connectivity index (χ1n) is 12.0. The minimum atomic E-state index is -4.21. The lowest BCUT2D eigenvalue weighted by atomic mass is 10.1. The Bertz CT molecular complexity index is 1190. The standard InChI is InChI=1S/C25H35N4O9P/c1-16(2)36-23(30)18(4)28-39(33,38-20-11-9-8-10-12-20)35-14-19-13-27-17(3)22(37-24(31)26-5)21(19)15-34-25(32)29(6)7/h8-13,16,18H,14-15H2,1-7H3,(H,26,31)(H,28,33)/t18-,39?/m0/s1. The molecule has 1 unspecified atom stereocenters. The smallest absolute Gasteiger partial charge is 0.459 e. The molecule has 2 atom stereocenters. The second kappa shape index (κ2) is 14.5. The summed E-state index contributed by atoms with van der Waals surface area (Å²) in [6.45, 7) is 5.76. The lowest BCUT2D eigenvalue weighted by Gasteiger charge is -2.24. The van der Waals surface area contributed by atoms with Crippen LogP contribution in [0.5, 0.6) is 11.5 Å². The normalized spacial score (nSPS) is 13.1. The molecule has 1 aromatic heterocycles. The number of ether oxygens (including phenoxy) is 3. The van der Waals surface area contributed by atoms with Crippen LogP contribution in [0.15, 0.2) is 36.5 Å². The maximum absolute atomic E-state index is 13.8. The summed E-state index contributed by atoms with van der Waals surface area (Å²) in [5, 5.41) is 4.94. The number of para-hydroxylation sites is 1. The number of esters is 1. The van der Waals surface area contributed by atoms with E-state index < -0.39 is 31.9 Å². The third-order valence-electron chi connectivity index (χ3n) is 4.92. The lowest BCUT2D eigenvalue weighted by Crippen LogP contribution is -2.36. The van der Waals surface area contributed by atoms with E-state index in [1.807, 2.05) is 0 Å². The summed E-state index contributed by atoms with van der Waals surface area (Å²) in [7, 11) is 0.207. The maximum Gasteiger partial charge on any atom is 0.459 e. The molecule has 214 valence electrons. The highest BCUT2D eigenvalue weighted by Crippen LogP contribution is 2.46. The van der Waals surface area contributed by atoms with Gasteiger partial charge in [0.25, 0.3) is 0 Å². The largest absolute Gasteiger partial charge is 0.462 e. The third-order valence-corrected chi connectivity index (χ3v) is 6.55. The molecule has 2 amide bonds. The number of pyridine rings is 1. The van der Waals surface area contributed by atoms with Crippen LogP contribution in [-0.4, -0.2) is 61.3 Å². The van der Waals surface area contributed by atoms with Gasteiger partial charge in [-0.25, -0.2) is 14.2 Å². The van der Waals surface area contributed by atoms with Crippen LogP contribution in [-0.2, 0) is 36.6 Å². The van der Waals surface area contributed by atoms with Crippen LogP contribution in [0, 0.1) is 6.92 Å². The average Bonchev–Trinajstić information content (AvgIpc) is 2.87. The van der Waals surface area contributed by atoms with Gasteiger partial charge in [0.2, 0.25) is 0 Å². The quantitative estimate of drug-likeness (QED) is 0.284. The van der Waals surface area contributed by atoms with Crippen molar-refractivity contribution >= 4 is 25.9 Å². The fraction of sp³-hybridized carbons (Fsp3) is 0.440. The van der Waals surface area contributed by atoms with Gasteiger partial charge in [0.15, 0.2) is 5.75 Å². The molecule has 0 radical (unpaired) electrons. The van der Waals surface area contributed by atoms with Gasteiger partial charge in [0.1, 0.15) is 18.4 Å². The second-order valence-corrected chi connectivity index (χ2v) is 10.5. The first-order chi connectivity index (χ1) is 18.3. The lowest BCUT2D eigenvalue weighted by molar-refractivity contribution is -0.149. The molecule has 39 heavy (non-hydrogen) atoms. The van der Waals surface area contributed by atoms with Crippen LogP contribution < -0.4 is 19.7 Å². The molecule has 0 aliphatic carbocycles. The molecular weight excluding hydrogens is 531 g/mol. The summed E-state index contributed by atoms with van der Waals surface area (Å²) < 4.78 is 41.1. The Labute approximate surface area is 227 Å². The summed E-state index contributed by atoms with van der Waals surface area (Å²) in [5.41, 5.74) is 0.895. The summed E-state index contributed by atoms with van der Waals surface area (Å²) in [4.78, 5) is 42.0. The number of aryl methyl sites for hydroxylation is 1. The monoisotopic (exact) mass is 566 g/mol. The molecule has 13 nitrogen and oxygen atoms in total. The maximum atomic E-state index is 13.8. The Morgan fingerprint density at radius 2 is 1.74 bits per heavy atom. The van der Waals surface area contributed by atoms with Crippen molar-refractivity contribution in [2.75, 3.05) is 21.1 Å². The van der Waals surface area contributed by atoms with E-state index in [1.54, 1.807) is 51.1 Å². The van der Waals surface area contributed by atoms with Crippen LogP contribution >= 0.6 is 7.75 Å². The highest BCUT2D eigenvalue weighted by molar-refractivity contribution is 7.52. The summed E-state index contributed by atoms with van der Waals surface area (Å²) in [6.07, 6.45) is -0.384. The van der Waals surface area contributed by atoms with Crippen molar-refractivity contribution in [1.29, 1.82) is 0 Å². The molecule has 14 heteroatoms. The van der Waals surface area contributed by atoms with Crippen molar-refractivity contribution < 1.29 is 42.2 Å². The second-order valence-electron chi connectivity index (χ2n) is 8.78. The number of benzene rings is 1. The van der Waals surface area contributed by atoms with E-state index in [0.717, 1.165) is 0 Å². The van der Waals surface area contributed by atoms with Gasteiger partial charge in [-0.15, -0.1) is 0 Å². The Hall–Kier alpha value is -3.67. The first kappa shape index (κ1) is 31.5. The molecule has 0 fully saturated rings. The van der Waals surface area contributed by atoms with Crippen LogP contribution in [0.25, 0.3) is 0 Å². The van der Waals surface area contributed by atoms with E-state index in [-0.39, 0.29) is 36.4 Å². The molecule has 2 N–H and O–H groups in total. The van der Waals surface area contributed by atoms with Crippen molar-refractivity contribution in [2.45, 2.75) is 53.1 Å². The SMILES string of the molecule is CNC(=O)Oc1c(C)ncc(COP(=O)(N[C@@H](C)C(=O)OC(C)C)Oc2ccccc2)c1COC(=O)N(C)C. The van der Waals surface area contributed by atoms with Gasteiger partial charge in [-0.05, 0) is 39.8 Å². The predicted molar refractivity (Wildman–Crippen MR) is 141 cm³/mol. The van der Waals surface area contributed by atoms with E-state index in [1.165, 1.54) is 39.2 Å². The molecule has 1 aromatic carbocycles. The molecule has 0 saturated heterocycles. The van der Waals surface area contributed by atoms with E-state index in [2.05, 4.69) is 15.4 Å². The van der Waals surface area contributed by atoms with Gasteiger partial charge < -0.3 is 29.0 Å². The number of carbonyl (C=O) groups excluding carboxylic acids is 3. The molecule has 2 aromatic rings. The highest BCUT2D eigenvalue weighted by atomic mass is 31.2. The molecule has 1 heterocycles. The van der Waals surface area contributed by atoms with E-state index >= 15 is 0 Å². The zero-order valence-electron chi connectivity index (χ0n) is 23.0. The average molecular weight is 567 g/mol. The summed E-state index contributed by atoms with van der Waals surface area (Å²) in [6, 6.07) is 7.21. The van der Waals surface area contributed by atoms with Crippen molar-refractivity contribution in [3.8, 4) is 11.5 Å². The topological polar surface area (TPSA) is 155 Å². The summed E-state index contributed by atoms with van der Waals surface area (Å²) >= 11 is 0. The molecule has 0 bridgehead atoms. The number of carbonyl (C=O) groups is 3.